The predicted molar refractivity (Wildman–Crippen MR) is 225 cm³/mol. The van der Waals surface area contributed by atoms with E-state index in [0.29, 0.717) is 30.8 Å². The molecule has 0 fully saturated rings. The van der Waals surface area contributed by atoms with E-state index in [1.165, 1.54) is 24.3 Å². The largest absolute Gasteiger partial charge is 0.493 e. The van der Waals surface area contributed by atoms with Gasteiger partial charge in [0.05, 0.1) is 36.8 Å². The molecule has 1 N–H and O–H groups in total. The van der Waals surface area contributed by atoms with Crippen LogP contribution in [0.2, 0.25) is 0 Å². The van der Waals surface area contributed by atoms with Crippen LogP contribution in [0.25, 0.3) is 22.5 Å². The van der Waals surface area contributed by atoms with Gasteiger partial charge in [0.2, 0.25) is 0 Å². The quantitative estimate of drug-likeness (QED) is 0.123. The molecule has 0 aliphatic rings. The molecule has 0 amide bonds. The van der Waals surface area contributed by atoms with Crippen LogP contribution in [0.15, 0.2) is 66.7 Å². The number of ketones is 1. The van der Waals surface area contributed by atoms with E-state index in [2.05, 4.69) is 61.6 Å². The average molecular weight is 825 g/mol. The number of nitrogens with one attached hydrogen (secondary N) is 1. The van der Waals surface area contributed by atoms with Crippen molar-refractivity contribution in [1.82, 2.24) is 20.0 Å². The van der Waals surface area contributed by atoms with E-state index in [9.17, 15) is 27.2 Å². The van der Waals surface area contributed by atoms with Crippen LogP contribution in [0, 0.1) is 28.7 Å². The number of hydrogen-bond acceptors (Lipinski definition) is 7. The Kier molecular flexibility index (Phi) is 18.1. The second-order valence-electron chi connectivity index (χ2n) is 16.5. The molecule has 3 aromatic carbocycles. The number of carbonyl (C=O) groups excluding carboxylic acids is 2. The van der Waals surface area contributed by atoms with E-state index in [1.807, 2.05) is 58.5 Å². The van der Waals surface area contributed by atoms with Crippen LogP contribution >= 0.6 is 0 Å². The van der Waals surface area contributed by atoms with Crippen LogP contribution < -0.4 is 9.47 Å². The van der Waals surface area contributed by atoms with Gasteiger partial charge < -0.3 is 14.2 Å². The van der Waals surface area contributed by atoms with Crippen LogP contribution in [0.5, 0.6) is 11.5 Å². The fraction of sp³-hybridized carbons (Fsp3) is 0.435. The van der Waals surface area contributed by atoms with Crippen LogP contribution in [0.3, 0.4) is 0 Å². The summed E-state index contributed by atoms with van der Waals surface area (Å²) in [5.41, 5.74) is 4.98. The number of carbonyl (C=O) groups is 2. The number of esters is 1. The van der Waals surface area contributed by atoms with E-state index in [0.717, 1.165) is 46.0 Å². The Morgan fingerprint density at radius 1 is 0.661 bits per heavy atom. The predicted octanol–water partition coefficient (Wildman–Crippen LogP) is 11.6. The van der Waals surface area contributed by atoms with Crippen LogP contribution in [0.4, 0.5) is 17.6 Å². The number of ether oxygens (including phenoxy) is 3. The van der Waals surface area contributed by atoms with Gasteiger partial charge >= 0.3 is 5.97 Å². The maximum Gasteiger partial charge on any atom is 0.341 e. The van der Waals surface area contributed by atoms with E-state index in [1.54, 1.807) is 26.0 Å². The molecule has 9 nitrogen and oxygen atoms in total. The highest BCUT2D eigenvalue weighted by atomic mass is 19.1. The number of benzene rings is 3. The Hall–Kier alpha value is -5.46. The zero-order chi connectivity index (χ0) is 44.9. The third kappa shape index (κ3) is 15.3. The molecule has 2 aromatic heterocycles. The monoisotopic (exact) mass is 824 g/mol. The number of H-pyrrole nitrogens is 1. The van der Waals surface area contributed by atoms with Crippen molar-refractivity contribution < 1.29 is 41.4 Å². The Morgan fingerprint density at radius 3 is 1.53 bits per heavy atom. The molecule has 322 valence electrons. The summed E-state index contributed by atoms with van der Waals surface area (Å²) in [6, 6.07) is 15.8. The summed E-state index contributed by atoms with van der Waals surface area (Å²) in [5, 5.41) is 11.9. The lowest BCUT2D eigenvalue weighted by Gasteiger charge is -2.17. The number of rotatable bonds is 8. The summed E-state index contributed by atoms with van der Waals surface area (Å²) in [6.07, 6.45) is 0. The molecule has 5 aromatic rings. The standard InChI is InChI=1S/C16H21FN2O.C15H19FN2O.C9H8F2O2.C6H12O/c1-6-20-14-9-11(17)7-8-12(14)13-10-15(16(2,3)4)19(5)18-13;1-5-19-13-8-10(16)6-7-11(13)12-9-14(18-17-12)15(2,3)4;1-2-13-9(12)7-4-3-6(10)5-8(7)11;1-5(7)6(2,3)4/h7-10H,6H2,1-5H3;6-9H,5H2,1-4H3,(H,17,18);3-5H,2H2,1H3;1-4H3. The minimum absolute atomic E-state index is 0.00292. The number of halogens is 4. The van der Waals surface area contributed by atoms with Crippen molar-refractivity contribution in [3.63, 3.8) is 0 Å². The van der Waals surface area contributed by atoms with Gasteiger partial charge in [-0.2, -0.15) is 10.2 Å². The number of Topliss-reactive ketones (excluding diaryl/α,β-unsaturated/α-hetero) is 1. The molecule has 59 heavy (non-hydrogen) atoms. The topological polar surface area (TPSA) is 108 Å². The highest BCUT2D eigenvalue weighted by Crippen LogP contribution is 2.34. The Balaban J connectivity index is 0.000000287. The molecule has 0 bridgehead atoms. The first-order valence-corrected chi connectivity index (χ1v) is 19.4. The first-order valence-electron chi connectivity index (χ1n) is 19.4. The van der Waals surface area contributed by atoms with Gasteiger partial charge in [0, 0.05) is 64.0 Å². The molecule has 0 aliphatic carbocycles. The molecule has 0 atom stereocenters. The number of aromatic amines is 1. The van der Waals surface area contributed by atoms with Gasteiger partial charge in [-0.25, -0.2) is 22.4 Å². The van der Waals surface area contributed by atoms with Crippen LogP contribution in [0.1, 0.15) is 112 Å². The van der Waals surface area contributed by atoms with E-state index in [-0.39, 0.29) is 45.8 Å². The molecular formula is C46H60F4N4O5. The maximum atomic E-state index is 13.4. The SMILES string of the molecule is CC(=O)C(C)(C)C.CCOC(=O)c1ccc(F)cc1F.CCOc1cc(F)ccc1-c1cc(C(C)(C)C)[nH]n1.CCOc1cc(F)ccc1-c1cc(C(C)(C)C)n(C)n1. The molecule has 0 radical (unpaired) electrons. The normalized spacial score (nSPS) is 11.2. The van der Waals surface area contributed by atoms with E-state index in [4.69, 9.17) is 9.47 Å². The van der Waals surface area contributed by atoms with Gasteiger partial charge in [-0.15, -0.1) is 0 Å². The molecule has 0 spiro atoms. The molecule has 2 heterocycles. The molecule has 0 saturated carbocycles. The fourth-order valence-corrected chi connectivity index (χ4v) is 4.97. The smallest absolute Gasteiger partial charge is 0.341 e. The molecule has 0 unspecified atom stereocenters. The Bertz CT molecular complexity index is 2140. The molecule has 0 aliphatic heterocycles. The first-order chi connectivity index (χ1) is 27.3. The van der Waals surface area contributed by atoms with Crippen molar-refractivity contribution in [2.45, 2.75) is 101 Å². The Labute approximate surface area is 346 Å². The van der Waals surface area contributed by atoms with Gasteiger partial charge in [-0.1, -0.05) is 62.3 Å². The summed E-state index contributed by atoms with van der Waals surface area (Å²) in [4.78, 5) is 21.5. The van der Waals surface area contributed by atoms with Gasteiger partial charge in [0.1, 0.15) is 40.6 Å². The minimum Gasteiger partial charge on any atom is -0.493 e. The van der Waals surface area contributed by atoms with E-state index < -0.39 is 17.6 Å². The van der Waals surface area contributed by atoms with Crippen molar-refractivity contribution in [2.75, 3.05) is 19.8 Å². The van der Waals surface area contributed by atoms with Crippen molar-refractivity contribution in [3.05, 3.63) is 107 Å². The van der Waals surface area contributed by atoms with Gasteiger partial charge in [-0.05, 0) is 76.2 Å². The fourth-order valence-electron chi connectivity index (χ4n) is 4.97. The molecule has 13 heteroatoms. The van der Waals surface area contributed by atoms with Gasteiger partial charge in [-0.3, -0.25) is 14.6 Å². The lowest BCUT2D eigenvalue weighted by atomic mass is 9.91. The molecular weight excluding hydrogens is 765 g/mol. The highest BCUT2D eigenvalue weighted by Gasteiger charge is 2.22. The van der Waals surface area contributed by atoms with Crippen molar-refractivity contribution >= 4 is 11.8 Å². The minimum atomic E-state index is -0.904. The third-order valence-corrected chi connectivity index (χ3v) is 8.56. The lowest BCUT2D eigenvalue weighted by Crippen LogP contribution is -2.16. The maximum absolute atomic E-state index is 13.4. The number of hydrogen-bond donors (Lipinski definition) is 1. The van der Waals surface area contributed by atoms with Gasteiger partial charge in [0.25, 0.3) is 0 Å². The zero-order valence-corrected chi connectivity index (χ0v) is 36.9. The number of aryl methyl sites for hydroxylation is 1. The van der Waals surface area contributed by atoms with Crippen LogP contribution in [-0.2, 0) is 27.4 Å². The summed E-state index contributed by atoms with van der Waals surface area (Å²) in [5.74, 6) is -1.71. The lowest BCUT2D eigenvalue weighted by molar-refractivity contribution is -0.124. The first kappa shape index (κ1) is 49.7. The second kappa shape index (κ2) is 21.5. The summed E-state index contributed by atoms with van der Waals surface area (Å²) in [6.45, 7) is 26.6. The molecule has 0 saturated heterocycles. The third-order valence-electron chi connectivity index (χ3n) is 8.56. The summed E-state index contributed by atoms with van der Waals surface area (Å²) < 4.78 is 69.3. The zero-order valence-electron chi connectivity index (χ0n) is 36.9. The number of nitrogens with zero attached hydrogens (tertiary/aromatic N) is 3. The highest BCUT2D eigenvalue weighted by molar-refractivity contribution is 5.89. The van der Waals surface area contributed by atoms with Gasteiger partial charge in [0.15, 0.2) is 0 Å². The summed E-state index contributed by atoms with van der Waals surface area (Å²) >= 11 is 0. The van der Waals surface area contributed by atoms with Crippen molar-refractivity contribution in [1.29, 1.82) is 0 Å². The second-order valence-corrected chi connectivity index (χ2v) is 16.5. The van der Waals surface area contributed by atoms with E-state index >= 15 is 0 Å². The molecule has 5 rings (SSSR count). The van der Waals surface area contributed by atoms with Crippen LogP contribution in [-0.4, -0.2) is 51.6 Å². The van der Waals surface area contributed by atoms with Crippen molar-refractivity contribution in [3.8, 4) is 34.0 Å². The van der Waals surface area contributed by atoms with Crippen molar-refractivity contribution in [2.24, 2.45) is 12.5 Å². The number of aromatic nitrogens is 4. The Morgan fingerprint density at radius 2 is 1.14 bits per heavy atom. The average Bonchev–Trinajstić information content (AvgIpc) is 3.77. The summed E-state index contributed by atoms with van der Waals surface area (Å²) in [7, 11) is 1.92.